The first kappa shape index (κ1) is 14.0. The van der Waals surface area contributed by atoms with Gasteiger partial charge in [-0.1, -0.05) is 65.2 Å². The fourth-order valence-electron chi connectivity index (χ4n) is 1.85. The second-order valence-corrected chi connectivity index (χ2v) is 4.53. The van der Waals surface area contributed by atoms with E-state index in [0.717, 1.165) is 12.3 Å². The van der Waals surface area contributed by atoms with Crippen LogP contribution in [0, 0.1) is 5.92 Å². The lowest BCUT2D eigenvalue weighted by Crippen LogP contribution is -1.96. The Bertz CT molecular complexity index is 101. The largest absolute Gasteiger partial charge is 0.396 e. The molecule has 0 aromatic heterocycles. The minimum Gasteiger partial charge on any atom is -0.396 e. The molecule has 1 unspecified atom stereocenters. The van der Waals surface area contributed by atoms with Crippen LogP contribution in [0.2, 0.25) is 0 Å². The van der Waals surface area contributed by atoms with Crippen LogP contribution >= 0.6 is 0 Å². The van der Waals surface area contributed by atoms with Gasteiger partial charge in [0, 0.05) is 6.61 Å². The Hall–Kier alpha value is -0.0400. The van der Waals surface area contributed by atoms with Crippen molar-refractivity contribution in [3.05, 3.63) is 0 Å². The molecule has 1 atom stereocenters. The van der Waals surface area contributed by atoms with Crippen molar-refractivity contribution in [2.24, 2.45) is 5.92 Å². The highest BCUT2D eigenvalue weighted by atomic mass is 16.2. The minimum atomic E-state index is 0.364. The molecule has 0 saturated heterocycles. The van der Waals surface area contributed by atoms with Crippen LogP contribution in [0.1, 0.15) is 71.6 Å². The van der Waals surface area contributed by atoms with Crippen molar-refractivity contribution in [2.45, 2.75) is 71.6 Å². The van der Waals surface area contributed by atoms with Crippen molar-refractivity contribution in [3.63, 3.8) is 0 Å². The van der Waals surface area contributed by atoms with E-state index in [1.54, 1.807) is 0 Å². The van der Waals surface area contributed by atoms with Gasteiger partial charge in [0.25, 0.3) is 0 Å². The van der Waals surface area contributed by atoms with Crippen molar-refractivity contribution in [2.75, 3.05) is 6.61 Å². The van der Waals surface area contributed by atoms with E-state index in [0.29, 0.717) is 6.61 Å². The first-order valence-electron chi connectivity index (χ1n) is 6.42. The SMILES string of the molecule is CCCCCCCC(C)CCCCO. The third-order valence-electron chi connectivity index (χ3n) is 2.91. The number of aliphatic hydroxyl groups excluding tert-OH is 1. The van der Waals surface area contributed by atoms with Crippen molar-refractivity contribution in [1.82, 2.24) is 0 Å². The van der Waals surface area contributed by atoms with Crippen LogP contribution in [0.5, 0.6) is 0 Å². The fraction of sp³-hybridized carbons (Fsp3) is 1.00. The van der Waals surface area contributed by atoms with Crippen LogP contribution in [0.3, 0.4) is 0 Å². The first-order valence-corrected chi connectivity index (χ1v) is 6.42. The molecule has 0 radical (unpaired) electrons. The monoisotopic (exact) mass is 200 g/mol. The Kier molecular flexibility index (Phi) is 11.0. The van der Waals surface area contributed by atoms with E-state index < -0.39 is 0 Å². The molecule has 0 fully saturated rings. The van der Waals surface area contributed by atoms with Crippen LogP contribution in [-0.4, -0.2) is 11.7 Å². The smallest absolute Gasteiger partial charge is 0.0431 e. The predicted octanol–water partition coefficient (Wildman–Crippen LogP) is 4.15. The van der Waals surface area contributed by atoms with E-state index >= 15 is 0 Å². The average molecular weight is 200 g/mol. The molecule has 0 heterocycles. The van der Waals surface area contributed by atoms with Gasteiger partial charge < -0.3 is 5.11 Å². The number of hydrogen-bond donors (Lipinski definition) is 1. The van der Waals surface area contributed by atoms with Crippen molar-refractivity contribution < 1.29 is 5.11 Å². The van der Waals surface area contributed by atoms with E-state index in [4.69, 9.17) is 5.11 Å². The van der Waals surface area contributed by atoms with Crippen LogP contribution in [0.25, 0.3) is 0 Å². The van der Waals surface area contributed by atoms with Gasteiger partial charge in [0.1, 0.15) is 0 Å². The van der Waals surface area contributed by atoms with Crippen molar-refractivity contribution in [3.8, 4) is 0 Å². The maximum Gasteiger partial charge on any atom is 0.0431 e. The molecule has 0 aliphatic heterocycles. The zero-order chi connectivity index (χ0) is 10.6. The maximum atomic E-state index is 8.65. The molecular formula is C13H28O. The fourth-order valence-corrected chi connectivity index (χ4v) is 1.85. The van der Waals surface area contributed by atoms with Gasteiger partial charge in [-0.2, -0.15) is 0 Å². The standard InChI is InChI=1S/C13H28O/c1-3-4-5-6-7-10-13(2)11-8-9-12-14/h13-14H,3-12H2,1-2H3. The quantitative estimate of drug-likeness (QED) is 0.525. The molecule has 0 aromatic carbocycles. The topological polar surface area (TPSA) is 20.2 Å². The van der Waals surface area contributed by atoms with Crippen LogP contribution in [0.15, 0.2) is 0 Å². The van der Waals surface area contributed by atoms with Gasteiger partial charge in [0.15, 0.2) is 0 Å². The van der Waals surface area contributed by atoms with Crippen LogP contribution in [-0.2, 0) is 0 Å². The summed E-state index contributed by atoms with van der Waals surface area (Å²) in [6.45, 7) is 4.97. The van der Waals surface area contributed by atoms with E-state index in [-0.39, 0.29) is 0 Å². The minimum absolute atomic E-state index is 0.364. The zero-order valence-electron chi connectivity index (χ0n) is 10.1. The van der Waals surface area contributed by atoms with Crippen molar-refractivity contribution in [1.29, 1.82) is 0 Å². The average Bonchev–Trinajstić information content (AvgIpc) is 2.18. The van der Waals surface area contributed by atoms with Gasteiger partial charge in [0.05, 0.1) is 0 Å². The summed E-state index contributed by atoms with van der Waals surface area (Å²) in [5.41, 5.74) is 0. The summed E-state index contributed by atoms with van der Waals surface area (Å²) < 4.78 is 0. The summed E-state index contributed by atoms with van der Waals surface area (Å²) >= 11 is 0. The van der Waals surface area contributed by atoms with E-state index in [1.165, 1.54) is 51.4 Å². The lowest BCUT2D eigenvalue weighted by Gasteiger charge is -2.10. The molecular weight excluding hydrogens is 172 g/mol. The van der Waals surface area contributed by atoms with E-state index in [1.807, 2.05) is 0 Å². The summed E-state index contributed by atoms with van der Waals surface area (Å²) in [5, 5.41) is 8.65. The molecule has 1 N–H and O–H groups in total. The van der Waals surface area contributed by atoms with E-state index in [9.17, 15) is 0 Å². The Labute approximate surface area is 89.9 Å². The van der Waals surface area contributed by atoms with Gasteiger partial charge in [-0.3, -0.25) is 0 Å². The lowest BCUT2D eigenvalue weighted by atomic mass is 9.97. The summed E-state index contributed by atoms with van der Waals surface area (Å²) in [6, 6.07) is 0. The van der Waals surface area contributed by atoms with Gasteiger partial charge in [-0.25, -0.2) is 0 Å². The predicted molar refractivity (Wildman–Crippen MR) is 63.5 cm³/mol. The molecule has 1 nitrogen and oxygen atoms in total. The zero-order valence-corrected chi connectivity index (χ0v) is 10.1. The highest BCUT2D eigenvalue weighted by Crippen LogP contribution is 2.16. The molecule has 1 heteroatoms. The maximum absolute atomic E-state index is 8.65. The Morgan fingerprint density at radius 1 is 0.857 bits per heavy atom. The highest BCUT2D eigenvalue weighted by molar-refractivity contribution is 4.54. The second kappa shape index (κ2) is 11.0. The summed E-state index contributed by atoms with van der Waals surface area (Å²) in [5.74, 6) is 0.864. The normalized spacial score (nSPS) is 13.1. The molecule has 86 valence electrons. The van der Waals surface area contributed by atoms with Gasteiger partial charge in [-0.15, -0.1) is 0 Å². The molecule has 0 saturated carbocycles. The van der Waals surface area contributed by atoms with Crippen LogP contribution < -0.4 is 0 Å². The molecule has 0 aromatic rings. The molecule has 0 bridgehead atoms. The molecule has 0 amide bonds. The summed E-state index contributed by atoms with van der Waals surface area (Å²) in [6.07, 6.45) is 11.8. The molecule has 0 spiro atoms. The molecule has 0 aliphatic rings. The number of unbranched alkanes of at least 4 members (excludes halogenated alkanes) is 5. The molecule has 0 aliphatic carbocycles. The third-order valence-corrected chi connectivity index (χ3v) is 2.91. The van der Waals surface area contributed by atoms with Crippen LogP contribution in [0.4, 0.5) is 0 Å². The summed E-state index contributed by atoms with van der Waals surface area (Å²) in [7, 11) is 0. The van der Waals surface area contributed by atoms with E-state index in [2.05, 4.69) is 13.8 Å². The van der Waals surface area contributed by atoms with Gasteiger partial charge >= 0.3 is 0 Å². The Morgan fingerprint density at radius 3 is 2.00 bits per heavy atom. The number of hydrogen-bond acceptors (Lipinski definition) is 1. The summed E-state index contributed by atoms with van der Waals surface area (Å²) in [4.78, 5) is 0. The highest BCUT2D eigenvalue weighted by Gasteiger charge is 2.01. The van der Waals surface area contributed by atoms with Gasteiger partial charge in [-0.05, 0) is 12.3 Å². The molecule has 14 heavy (non-hydrogen) atoms. The second-order valence-electron chi connectivity index (χ2n) is 4.53. The first-order chi connectivity index (χ1) is 6.81. The number of rotatable bonds is 10. The Morgan fingerprint density at radius 2 is 1.43 bits per heavy atom. The van der Waals surface area contributed by atoms with Crippen molar-refractivity contribution >= 4 is 0 Å². The Balaban J connectivity index is 3.06. The third kappa shape index (κ3) is 10.0. The van der Waals surface area contributed by atoms with Gasteiger partial charge in [0.2, 0.25) is 0 Å². The number of aliphatic hydroxyl groups is 1. The molecule has 0 rings (SSSR count). The lowest BCUT2D eigenvalue weighted by molar-refractivity contribution is 0.277.